The van der Waals surface area contributed by atoms with Crippen LogP contribution in [0.4, 0.5) is 0 Å². The van der Waals surface area contributed by atoms with Gasteiger partial charge in [-0.3, -0.25) is 4.79 Å². The number of carboxylic acids is 1. The van der Waals surface area contributed by atoms with E-state index in [2.05, 4.69) is 31.8 Å². The molecule has 1 atom stereocenters. The molecular formula is C16H21NO2. The standard InChI is InChI=1S/C16H21NO2/c1-16(2,3)9-11(8-15(18)19)13-10-17-14-7-5-4-6-12(13)14/h4-7,10-11,17H,8-9H2,1-3H3,(H,18,19). The normalized spacial score (nSPS) is 13.6. The number of aliphatic carboxylic acids is 1. The molecule has 0 radical (unpaired) electrons. The molecule has 0 fully saturated rings. The van der Waals surface area contributed by atoms with Gasteiger partial charge in [0.15, 0.2) is 0 Å². The van der Waals surface area contributed by atoms with Gasteiger partial charge in [-0.25, -0.2) is 0 Å². The molecule has 0 aliphatic carbocycles. The summed E-state index contributed by atoms with van der Waals surface area (Å²) >= 11 is 0. The molecule has 0 spiro atoms. The van der Waals surface area contributed by atoms with Crippen molar-refractivity contribution in [2.45, 2.75) is 39.5 Å². The van der Waals surface area contributed by atoms with E-state index in [9.17, 15) is 4.79 Å². The van der Waals surface area contributed by atoms with Crippen molar-refractivity contribution in [1.29, 1.82) is 0 Å². The molecule has 0 saturated heterocycles. The first-order valence-corrected chi connectivity index (χ1v) is 6.64. The Kier molecular flexibility index (Phi) is 3.65. The number of carboxylic acid groups (broad SMARTS) is 1. The number of para-hydroxylation sites is 1. The average Bonchev–Trinajstić information content (AvgIpc) is 2.69. The topological polar surface area (TPSA) is 53.1 Å². The van der Waals surface area contributed by atoms with Gasteiger partial charge in [0.25, 0.3) is 0 Å². The van der Waals surface area contributed by atoms with Crippen molar-refractivity contribution in [2.24, 2.45) is 5.41 Å². The summed E-state index contributed by atoms with van der Waals surface area (Å²) in [6.07, 6.45) is 3.00. The van der Waals surface area contributed by atoms with E-state index in [-0.39, 0.29) is 17.8 Å². The lowest BCUT2D eigenvalue weighted by molar-refractivity contribution is -0.137. The van der Waals surface area contributed by atoms with Crippen molar-refractivity contribution in [1.82, 2.24) is 4.98 Å². The fraction of sp³-hybridized carbons (Fsp3) is 0.438. The molecule has 102 valence electrons. The van der Waals surface area contributed by atoms with Crippen LogP contribution in [0.2, 0.25) is 0 Å². The largest absolute Gasteiger partial charge is 0.481 e. The van der Waals surface area contributed by atoms with Crippen LogP contribution in [0, 0.1) is 5.41 Å². The van der Waals surface area contributed by atoms with Gasteiger partial charge in [0.1, 0.15) is 0 Å². The monoisotopic (exact) mass is 259 g/mol. The van der Waals surface area contributed by atoms with Gasteiger partial charge in [-0.2, -0.15) is 0 Å². The van der Waals surface area contributed by atoms with Crippen molar-refractivity contribution >= 4 is 16.9 Å². The van der Waals surface area contributed by atoms with Crippen LogP contribution < -0.4 is 0 Å². The van der Waals surface area contributed by atoms with E-state index in [1.165, 1.54) is 0 Å². The molecular weight excluding hydrogens is 238 g/mol. The summed E-state index contributed by atoms with van der Waals surface area (Å²) in [5, 5.41) is 10.3. The number of rotatable bonds is 4. The number of carbonyl (C=O) groups is 1. The molecule has 0 saturated carbocycles. The van der Waals surface area contributed by atoms with Gasteiger partial charge < -0.3 is 10.1 Å². The Bertz CT molecular complexity index is 578. The zero-order chi connectivity index (χ0) is 14.0. The van der Waals surface area contributed by atoms with Crippen molar-refractivity contribution in [2.75, 3.05) is 0 Å². The van der Waals surface area contributed by atoms with Crippen molar-refractivity contribution in [3.05, 3.63) is 36.0 Å². The Hall–Kier alpha value is -1.77. The van der Waals surface area contributed by atoms with Gasteiger partial charge in [-0.15, -0.1) is 0 Å². The molecule has 19 heavy (non-hydrogen) atoms. The molecule has 2 rings (SSSR count). The molecule has 1 aromatic heterocycles. The van der Waals surface area contributed by atoms with Crippen LogP contribution in [0.25, 0.3) is 10.9 Å². The number of fused-ring (bicyclic) bond motifs is 1. The Labute approximate surface area is 113 Å². The number of H-pyrrole nitrogens is 1. The summed E-state index contributed by atoms with van der Waals surface area (Å²) in [6, 6.07) is 8.06. The molecule has 2 N–H and O–H groups in total. The lowest BCUT2D eigenvalue weighted by atomic mass is 9.80. The predicted octanol–water partition coefficient (Wildman–Crippen LogP) is 4.16. The highest BCUT2D eigenvalue weighted by atomic mass is 16.4. The summed E-state index contributed by atoms with van der Waals surface area (Å²) in [5.41, 5.74) is 2.30. The maximum Gasteiger partial charge on any atom is 0.303 e. The second-order valence-electron chi connectivity index (χ2n) is 6.35. The number of aromatic amines is 1. The summed E-state index contributed by atoms with van der Waals surface area (Å²) in [5.74, 6) is -0.687. The highest BCUT2D eigenvalue weighted by Crippen LogP contribution is 2.36. The van der Waals surface area contributed by atoms with Gasteiger partial charge in [0.05, 0.1) is 6.42 Å². The number of hydrogen-bond acceptors (Lipinski definition) is 1. The lowest BCUT2D eigenvalue weighted by Crippen LogP contribution is -2.15. The Balaban J connectivity index is 2.39. The number of benzene rings is 1. The van der Waals surface area contributed by atoms with E-state index in [0.29, 0.717) is 0 Å². The number of aromatic nitrogens is 1. The molecule has 3 nitrogen and oxygen atoms in total. The van der Waals surface area contributed by atoms with Gasteiger partial charge in [0.2, 0.25) is 0 Å². The van der Waals surface area contributed by atoms with E-state index >= 15 is 0 Å². The van der Waals surface area contributed by atoms with E-state index in [0.717, 1.165) is 22.9 Å². The molecule has 0 amide bonds. The first-order chi connectivity index (χ1) is 8.87. The summed E-state index contributed by atoms with van der Waals surface area (Å²) in [7, 11) is 0. The van der Waals surface area contributed by atoms with Crippen LogP contribution in [0.1, 0.15) is 45.1 Å². The van der Waals surface area contributed by atoms with Crippen LogP contribution in [0.15, 0.2) is 30.5 Å². The molecule has 0 aliphatic rings. The second-order valence-corrected chi connectivity index (χ2v) is 6.35. The molecule has 0 bridgehead atoms. The number of hydrogen-bond donors (Lipinski definition) is 2. The highest BCUT2D eigenvalue weighted by molar-refractivity contribution is 5.84. The Morgan fingerprint density at radius 2 is 2.00 bits per heavy atom. The third-order valence-corrected chi connectivity index (χ3v) is 3.34. The Morgan fingerprint density at radius 3 is 2.63 bits per heavy atom. The molecule has 2 aromatic rings. The van der Waals surface area contributed by atoms with Crippen LogP contribution in [0.5, 0.6) is 0 Å². The lowest BCUT2D eigenvalue weighted by Gasteiger charge is -2.25. The second kappa shape index (κ2) is 5.08. The zero-order valence-corrected chi connectivity index (χ0v) is 11.7. The molecule has 1 unspecified atom stereocenters. The number of nitrogens with one attached hydrogen (secondary N) is 1. The van der Waals surface area contributed by atoms with Crippen LogP contribution >= 0.6 is 0 Å². The van der Waals surface area contributed by atoms with Gasteiger partial charge in [-0.1, -0.05) is 39.0 Å². The smallest absolute Gasteiger partial charge is 0.303 e. The maximum atomic E-state index is 11.1. The van der Waals surface area contributed by atoms with Gasteiger partial charge in [-0.05, 0) is 29.4 Å². The van der Waals surface area contributed by atoms with Crippen LogP contribution in [-0.4, -0.2) is 16.1 Å². The van der Waals surface area contributed by atoms with E-state index < -0.39 is 5.97 Å². The molecule has 1 aromatic carbocycles. The van der Waals surface area contributed by atoms with E-state index in [4.69, 9.17) is 5.11 Å². The van der Waals surface area contributed by atoms with Crippen molar-refractivity contribution in [3.8, 4) is 0 Å². The average molecular weight is 259 g/mol. The molecule has 1 heterocycles. The minimum absolute atomic E-state index is 0.0497. The first kappa shape index (κ1) is 13.7. The quantitative estimate of drug-likeness (QED) is 0.866. The molecule has 0 aliphatic heterocycles. The SMILES string of the molecule is CC(C)(C)CC(CC(=O)O)c1c[nH]c2ccccc12. The van der Waals surface area contributed by atoms with Gasteiger partial charge >= 0.3 is 5.97 Å². The Morgan fingerprint density at radius 1 is 1.32 bits per heavy atom. The summed E-state index contributed by atoms with van der Waals surface area (Å²) < 4.78 is 0. The molecule has 3 heteroatoms. The van der Waals surface area contributed by atoms with E-state index in [1.54, 1.807) is 0 Å². The van der Waals surface area contributed by atoms with Crippen molar-refractivity contribution < 1.29 is 9.90 Å². The zero-order valence-electron chi connectivity index (χ0n) is 11.7. The first-order valence-electron chi connectivity index (χ1n) is 6.64. The fourth-order valence-corrected chi connectivity index (χ4v) is 2.67. The van der Waals surface area contributed by atoms with Crippen molar-refractivity contribution in [3.63, 3.8) is 0 Å². The predicted molar refractivity (Wildman–Crippen MR) is 77.4 cm³/mol. The minimum atomic E-state index is -0.737. The highest BCUT2D eigenvalue weighted by Gasteiger charge is 2.24. The third kappa shape index (κ3) is 3.37. The fourth-order valence-electron chi connectivity index (χ4n) is 2.67. The summed E-state index contributed by atoms with van der Waals surface area (Å²) in [6.45, 7) is 6.45. The summed E-state index contributed by atoms with van der Waals surface area (Å²) in [4.78, 5) is 14.4. The minimum Gasteiger partial charge on any atom is -0.481 e. The van der Waals surface area contributed by atoms with Crippen LogP contribution in [-0.2, 0) is 4.79 Å². The van der Waals surface area contributed by atoms with Gasteiger partial charge in [0, 0.05) is 17.1 Å². The van der Waals surface area contributed by atoms with Crippen LogP contribution in [0.3, 0.4) is 0 Å². The third-order valence-electron chi connectivity index (χ3n) is 3.34. The van der Waals surface area contributed by atoms with E-state index in [1.807, 2.05) is 24.4 Å². The maximum absolute atomic E-state index is 11.1.